The minimum atomic E-state index is -3.83. The van der Waals surface area contributed by atoms with E-state index < -0.39 is 16.0 Å². The van der Waals surface area contributed by atoms with E-state index in [1.165, 1.54) is 22.5 Å². The van der Waals surface area contributed by atoms with Gasteiger partial charge in [-0.15, -0.1) is 0 Å². The number of nitrogens with zero attached hydrogens (tertiary/aromatic N) is 3. The van der Waals surface area contributed by atoms with Crippen molar-refractivity contribution in [3.63, 3.8) is 0 Å². The van der Waals surface area contributed by atoms with Crippen LogP contribution in [0.1, 0.15) is 35.7 Å². The first-order valence-corrected chi connectivity index (χ1v) is 11.4. The van der Waals surface area contributed by atoms with Crippen LogP contribution in [0.4, 0.5) is 0 Å². The molecule has 0 radical (unpaired) electrons. The highest BCUT2D eigenvalue weighted by Gasteiger charge is 2.26. The fourth-order valence-corrected chi connectivity index (χ4v) is 4.83. The quantitative estimate of drug-likeness (QED) is 0.463. The van der Waals surface area contributed by atoms with Gasteiger partial charge in [0.15, 0.2) is 6.61 Å². The topological polar surface area (TPSA) is 103 Å². The molecule has 0 fully saturated rings. The normalized spacial score (nSPS) is 11.6. The molecule has 2 aromatic carbocycles. The number of ether oxygens (including phenoxy) is 1. The maximum atomic E-state index is 12.8. The van der Waals surface area contributed by atoms with Gasteiger partial charge in [-0.1, -0.05) is 60.4 Å². The van der Waals surface area contributed by atoms with Gasteiger partial charge in [0.2, 0.25) is 15.8 Å². The zero-order valence-corrected chi connectivity index (χ0v) is 18.9. The molecule has 10 heteroatoms. The van der Waals surface area contributed by atoms with Crippen molar-refractivity contribution in [1.29, 1.82) is 0 Å². The van der Waals surface area contributed by atoms with Crippen LogP contribution < -0.4 is 0 Å². The SMILES string of the molecule is CCN(CC)S(=O)(=O)c1cc(C(=O)OCc2nc(-c3ccc(C)cc3)no2)ccc1Cl. The summed E-state index contributed by atoms with van der Waals surface area (Å²) < 4.78 is 37.2. The molecule has 3 rings (SSSR count). The number of benzene rings is 2. The third-order valence-corrected chi connectivity index (χ3v) is 7.13. The van der Waals surface area contributed by atoms with Crippen molar-refractivity contribution in [3.8, 4) is 11.4 Å². The number of aryl methyl sites for hydroxylation is 1. The fourth-order valence-electron chi connectivity index (χ4n) is 2.87. The Bertz CT molecular complexity index is 1170. The van der Waals surface area contributed by atoms with Gasteiger partial charge in [0.05, 0.1) is 10.6 Å². The first-order valence-electron chi connectivity index (χ1n) is 9.62. The summed E-state index contributed by atoms with van der Waals surface area (Å²) in [6.45, 7) is 5.73. The van der Waals surface area contributed by atoms with E-state index in [2.05, 4.69) is 10.1 Å². The number of carbonyl (C=O) groups excluding carboxylic acids is 1. The number of hydrogen-bond acceptors (Lipinski definition) is 7. The molecule has 0 aliphatic heterocycles. The Hall–Kier alpha value is -2.75. The van der Waals surface area contributed by atoms with E-state index in [9.17, 15) is 13.2 Å². The van der Waals surface area contributed by atoms with E-state index in [1.54, 1.807) is 13.8 Å². The second-order valence-electron chi connectivity index (χ2n) is 6.69. The number of aromatic nitrogens is 2. The van der Waals surface area contributed by atoms with Gasteiger partial charge >= 0.3 is 5.97 Å². The summed E-state index contributed by atoms with van der Waals surface area (Å²) in [6, 6.07) is 11.5. The van der Waals surface area contributed by atoms with Crippen molar-refractivity contribution in [2.24, 2.45) is 0 Å². The average molecular weight is 464 g/mol. The lowest BCUT2D eigenvalue weighted by Gasteiger charge is -2.19. The second-order valence-corrected chi connectivity index (χ2v) is 9.00. The van der Waals surface area contributed by atoms with Gasteiger partial charge in [0.25, 0.3) is 5.89 Å². The van der Waals surface area contributed by atoms with Crippen molar-refractivity contribution in [1.82, 2.24) is 14.4 Å². The van der Waals surface area contributed by atoms with Crippen molar-refractivity contribution in [3.05, 3.63) is 64.5 Å². The van der Waals surface area contributed by atoms with Crippen LogP contribution in [0.25, 0.3) is 11.4 Å². The summed E-state index contributed by atoms with van der Waals surface area (Å²) in [5.74, 6) is -0.234. The molecule has 0 bridgehead atoms. The summed E-state index contributed by atoms with van der Waals surface area (Å²) in [6.07, 6.45) is 0. The average Bonchev–Trinajstić information content (AvgIpc) is 3.22. The smallest absolute Gasteiger partial charge is 0.338 e. The molecule has 0 amide bonds. The highest BCUT2D eigenvalue weighted by atomic mass is 35.5. The Labute approximate surface area is 185 Å². The molecule has 8 nitrogen and oxygen atoms in total. The molecule has 1 heterocycles. The van der Waals surface area contributed by atoms with Crippen LogP contribution in [0.3, 0.4) is 0 Å². The Kier molecular flexibility index (Phi) is 7.09. The van der Waals surface area contributed by atoms with E-state index >= 15 is 0 Å². The number of rotatable bonds is 8. The third kappa shape index (κ3) is 5.12. The molecule has 0 spiro atoms. The number of halogens is 1. The molecule has 31 heavy (non-hydrogen) atoms. The fraction of sp³-hybridized carbons (Fsp3) is 0.286. The number of carbonyl (C=O) groups is 1. The molecular formula is C21H22ClN3O5S. The predicted octanol–water partition coefficient (Wildman–Crippen LogP) is 4.09. The number of esters is 1. The van der Waals surface area contributed by atoms with Gasteiger partial charge in [-0.25, -0.2) is 13.2 Å². The summed E-state index contributed by atoms with van der Waals surface area (Å²) >= 11 is 6.10. The van der Waals surface area contributed by atoms with Gasteiger partial charge in [0.1, 0.15) is 4.90 Å². The van der Waals surface area contributed by atoms with Gasteiger partial charge in [-0.2, -0.15) is 9.29 Å². The first-order chi connectivity index (χ1) is 14.8. The molecule has 0 unspecified atom stereocenters. The lowest BCUT2D eigenvalue weighted by atomic mass is 10.1. The minimum Gasteiger partial charge on any atom is -0.452 e. The molecule has 1 aromatic heterocycles. The van der Waals surface area contributed by atoms with E-state index in [-0.39, 0.29) is 41.1 Å². The summed E-state index contributed by atoms with van der Waals surface area (Å²) in [5, 5.41) is 3.91. The molecule has 0 atom stereocenters. The third-order valence-electron chi connectivity index (χ3n) is 4.59. The second kappa shape index (κ2) is 9.59. The Morgan fingerprint density at radius 1 is 1.13 bits per heavy atom. The standard InChI is InChI=1S/C21H22ClN3O5S/c1-4-25(5-2)31(27,28)18-12-16(10-11-17(18)22)21(26)29-13-19-23-20(24-30-19)15-8-6-14(3)7-9-15/h6-12H,4-5,13H2,1-3H3. The van der Waals surface area contributed by atoms with E-state index in [0.29, 0.717) is 5.82 Å². The van der Waals surface area contributed by atoms with Crippen LogP contribution in [-0.2, 0) is 21.4 Å². The maximum absolute atomic E-state index is 12.8. The largest absolute Gasteiger partial charge is 0.452 e. The zero-order valence-electron chi connectivity index (χ0n) is 17.3. The molecule has 0 saturated heterocycles. The predicted molar refractivity (Wildman–Crippen MR) is 115 cm³/mol. The molecule has 3 aromatic rings. The van der Waals surface area contributed by atoms with Gasteiger partial charge in [-0.3, -0.25) is 0 Å². The van der Waals surface area contributed by atoms with E-state index in [1.807, 2.05) is 31.2 Å². The molecule has 0 aliphatic carbocycles. The summed E-state index contributed by atoms with van der Waals surface area (Å²) in [7, 11) is -3.83. The monoisotopic (exact) mass is 463 g/mol. The van der Waals surface area contributed by atoms with E-state index in [0.717, 1.165) is 11.1 Å². The Morgan fingerprint density at radius 3 is 2.45 bits per heavy atom. The van der Waals surface area contributed by atoms with Crippen LogP contribution in [-0.4, -0.2) is 41.9 Å². The molecule has 164 valence electrons. The van der Waals surface area contributed by atoms with Gasteiger partial charge < -0.3 is 9.26 Å². The maximum Gasteiger partial charge on any atom is 0.338 e. The molecule has 0 N–H and O–H groups in total. The molecule has 0 saturated carbocycles. The highest BCUT2D eigenvalue weighted by Crippen LogP contribution is 2.26. The zero-order chi connectivity index (χ0) is 22.6. The summed E-state index contributed by atoms with van der Waals surface area (Å²) in [4.78, 5) is 16.5. The van der Waals surface area contributed by atoms with Crippen LogP contribution in [0.2, 0.25) is 5.02 Å². The van der Waals surface area contributed by atoms with Crippen molar-refractivity contribution < 1.29 is 22.5 Å². The molecule has 0 aliphatic rings. The van der Waals surface area contributed by atoms with Crippen molar-refractivity contribution in [2.75, 3.05) is 13.1 Å². The first kappa shape index (κ1) is 22.9. The van der Waals surface area contributed by atoms with Crippen LogP contribution in [0.15, 0.2) is 51.9 Å². The van der Waals surface area contributed by atoms with Crippen LogP contribution >= 0.6 is 11.6 Å². The number of hydrogen-bond donors (Lipinski definition) is 0. The van der Waals surface area contributed by atoms with Gasteiger partial charge in [0, 0.05) is 18.7 Å². The lowest BCUT2D eigenvalue weighted by molar-refractivity contribution is 0.0429. The molecular weight excluding hydrogens is 442 g/mol. The Morgan fingerprint density at radius 2 is 1.81 bits per heavy atom. The Balaban J connectivity index is 1.74. The van der Waals surface area contributed by atoms with Crippen molar-refractivity contribution >= 4 is 27.6 Å². The lowest BCUT2D eigenvalue weighted by Crippen LogP contribution is -2.31. The van der Waals surface area contributed by atoms with Crippen LogP contribution in [0, 0.1) is 6.92 Å². The highest BCUT2D eigenvalue weighted by molar-refractivity contribution is 7.89. The van der Waals surface area contributed by atoms with Gasteiger partial charge in [-0.05, 0) is 25.1 Å². The van der Waals surface area contributed by atoms with Crippen LogP contribution in [0.5, 0.6) is 0 Å². The van der Waals surface area contributed by atoms with E-state index in [4.69, 9.17) is 20.9 Å². The number of sulfonamides is 1. The minimum absolute atomic E-state index is 0.0306. The van der Waals surface area contributed by atoms with Crippen molar-refractivity contribution in [2.45, 2.75) is 32.3 Å². The summed E-state index contributed by atoms with van der Waals surface area (Å²) in [5.41, 5.74) is 1.93.